The lowest BCUT2D eigenvalue weighted by Gasteiger charge is -2.28. The second kappa shape index (κ2) is 10.0. The Labute approximate surface area is 180 Å². The van der Waals surface area contributed by atoms with Gasteiger partial charge in [0.15, 0.2) is 0 Å². The van der Waals surface area contributed by atoms with Gasteiger partial charge in [-0.3, -0.25) is 0 Å². The molecule has 2 aromatic rings. The molecule has 11 heteroatoms. The van der Waals surface area contributed by atoms with Crippen molar-refractivity contribution in [3.05, 3.63) is 42.0 Å². The number of nitrogens with two attached hydrogens (primary N) is 1. The van der Waals surface area contributed by atoms with E-state index < -0.39 is 15.8 Å². The summed E-state index contributed by atoms with van der Waals surface area (Å²) in [6.45, 7) is 2.58. The maximum Gasteiger partial charge on any atom is 0.407 e. The number of nitrogens with zero attached hydrogens (tertiary/aromatic N) is 2. The van der Waals surface area contributed by atoms with Gasteiger partial charge < -0.3 is 15.4 Å². The van der Waals surface area contributed by atoms with Gasteiger partial charge >= 0.3 is 6.09 Å². The standard InChI is InChI=1S/C20H26FN5O4S/c1-2-9-23-20(27)30-15-5-3-13(4-6-15)14-11-24-19(25-12-14)26-18-8-7-16(10-17(18)21)31(22,28)29/h7-8,10-13,15H,2-6,9H2,1H3,(H,23,27)(H2,22,28,29)(H,24,25,26). The number of amides is 1. The van der Waals surface area contributed by atoms with Crippen molar-refractivity contribution in [1.82, 2.24) is 15.3 Å². The summed E-state index contributed by atoms with van der Waals surface area (Å²) in [6.07, 6.45) is 7.03. The fraction of sp³-hybridized carbons (Fsp3) is 0.450. The van der Waals surface area contributed by atoms with Gasteiger partial charge in [-0.25, -0.2) is 32.7 Å². The molecule has 1 aliphatic rings. The van der Waals surface area contributed by atoms with E-state index in [9.17, 15) is 17.6 Å². The number of aromatic nitrogens is 2. The van der Waals surface area contributed by atoms with Gasteiger partial charge in [-0.1, -0.05) is 6.92 Å². The molecule has 1 amide bonds. The molecule has 1 fully saturated rings. The van der Waals surface area contributed by atoms with E-state index in [0.29, 0.717) is 6.54 Å². The highest BCUT2D eigenvalue weighted by Crippen LogP contribution is 2.33. The van der Waals surface area contributed by atoms with Crippen LogP contribution in [0.15, 0.2) is 35.5 Å². The van der Waals surface area contributed by atoms with Crippen LogP contribution in [0.25, 0.3) is 0 Å². The van der Waals surface area contributed by atoms with Crippen LogP contribution in [0.1, 0.15) is 50.5 Å². The first-order valence-corrected chi connectivity index (χ1v) is 11.7. The minimum absolute atomic E-state index is 0.0409. The molecule has 0 spiro atoms. The summed E-state index contributed by atoms with van der Waals surface area (Å²) in [6, 6.07) is 3.32. The Balaban J connectivity index is 1.55. The van der Waals surface area contributed by atoms with E-state index in [1.807, 2.05) is 6.92 Å². The molecule has 31 heavy (non-hydrogen) atoms. The number of primary sulfonamides is 1. The summed E-state index contributed by atoms with van der Waals surface area (Å²) in [4.78, 5) is 19.8. The number of anilines is 2. The van der Waals surface area contributed by atoms with Crippen molar-refractivity contribution in [2.24, 2.45) is 5.14 Å². The summed E-state index contributed by atoms with van der Waals surface area (Å²) in [5, 5.41) is 10.4. The van der Waals surface area contributed by atoms with E-state index in [1.165, 1.54) is 12.1 Å². The zero-order valence-corrected chi connectivity index (χ0v) is 18.0. The van der Waals surface area contributed by atoms with Crippen LogP contribution in [0.3, 0.4) is 0 Å². The zero-order valence-electron chi connectivity index (χ0n) is 17.2. The van der Waals surface area contributed by atoms with Crippen LogP contribution < -0.4 is 15.8 Å². The summed E-state index contributed by atoms with van der Waals surface area (Å²) in [7, 11) is -3.98. The Morgan fingerprint density at radius 2 is 1.90 bits per heavy atom. The molecule has 168 valence electrons. The fourth-order valence-corrected chi connectivity index (χ4v) is 3.97. The second-order valence-corrected chi connectivity index (χ2v) is 9.02. The highest BCUT2D eigenvalue weighted by Gasteiger charge is 2.25. The molecule has 1 heterocycles. The SMILES string of the molecule is CCCNC(=O)OC1CCC(c2cnc(Nc3ccc(S(N)(=O)=O)cc3F)nc2)CC1. The van der Waals surface area contributed by atoms with Crippen LogP contribution in [0.5, 0.6) is 0 Å². The number of benzene rings is 1. The molecule has 0 bridgehead atoms. The predicted molar refractivity (Wildman–Crippen MR) is 113 cm³/mol. The van der Waals surface area contributed by atoms with Crippen LogP contribution in [-0.2, 0) is 14.8 Å². The van der Waals surface area contributed by atoms with Gasteiger partial charge in [0.2, 0.25) is 16.0 Å². The molecule has 0 unspecified atom stereocenters. The first-order valence-electron chi connectivity index (χ1n) is 10.1. The molecule has 0 radical (unpaired) electrons. The van der Waals surface area contributed by atoms with Crippen LogP contribution in [-0.4, -0.2) is 37.1 Å². The van der Waals surface area contributed by atoms with Gasteiger partial charge in [-0.2, -0.15) is 0 Å². The minimum atomic E-state index is -3.98. The third-order valence-corrected chi connectivity index (χ3v) is 6.04. The van der Waals surface area contributed by atoms with E-state index in [0.717, 1.165) is 43.7 Å². The molecule has 1 aromatic heterocycles. The van der Waals surface area contributed by atoms with Crippen molar-refractivity contribution >= 4 is 27.8 Å². The normalized spacial score (nSPS) is 18.9. The lowest BCUT2D eigenvalue weighted by Crippen LogP contribution is -2.31. The Hall–Kier alpha value is -2.79. The van der Waals surface area contributed by atoms with Crippen molar-refractivity contribution in [2.75, 3.05) is 11.9 Å². The summed E-state index contributed by atoms with van der Waals surface area (Å²) in [5.74, 6) is -0.325. The first kappa shape index (κ1) is 22.9. The van der Waals surface area contributed by atoms with Crippen molar-refractivity contribution in [3.8, 4) is 0 Å². The predicted octanol–water partition coefficient (Wildman–Crippen LogP) is 3.17. The molecule has 1 aliphatic carbocycles. The molecule has 9 nitrogen and oxygen atoms in total. The van der Waals surface area contributed by atoms with Crippen molar-refractivity contribution in [3.63, 3.8) is 0 Å². The maximum absolute atomic E-state index is 14.2. The van der Waals surface area contributed by atoms with Crippen LogP contribution in [0, 0.1) is 5.82 Å². The van der Waals surface area contributed by atoms with Crippen LogP contribution in [0.4, 0.5) is 20.8 Å². The lowest BCUT2D eigenvalue weighted by molar-refractivity contribution is 0.0715. The third-order valence-electron chi connectivity index (χ3n) is 5.13. The van der Waals surface area contributed by atoms with E-state index in [-0.39, 0.29) is 34.6 Å². The van der Waals surface area contributed by atoms with Crippen molar-refractivity contribution in [2.45, 2.75) is 55.9 Å². The summed E-state index contributed by atoms with van der Waals surface area (Å²) in [5.41, 5.74) is 1.00. The number of alkyl carbamates (subject to hydrolysis) is 1. The summed E-state index contributed by atoms with van der Waals surface area (Å²) < 4.78 is 42.2. The molecule has 0 atom stereocenters. The fourth-order valence-electron chi connectivity index (χ4n) is 3.44. The summed E-state index contributed by atoms with van der Waals surface area (Å²) >= 11 is 0. The molecular weight excluding hydrogens is 425 g/mol. The second-order valence-electron chi connectivity index (χ2n) is 7.46. The zero-order chi connectivity index (χ0) is 22.4. The van der Waals surface area contributed by atoms with Crippen LogP contribution >= 0.6 is 0 Å². The van der Waals surface area contributed by atoms with E-state index >= 15 is 0 Å². The van der Waals surface area contributed by atoms with Gasteiger partial charge in [0.25, 0.3) is 0 Å². The molecule has 0 saturated heterocycles. The Morgan fingerprint density at radius 1 is 1.23 bits per heavy atom. The number of ether oxygens (including phenoxy) is 1. The third kappa shape index (κ3) is 6.34. The quantitative estimate of drug-likeness (QED) is 0.588. The Kier molecular flexibility index (Phi) is 7.39. The molecule has 0 aliphatic heterocycles. The average Bonchev–Trinajstić information content (AvgIpc) is 2.74. The number of carbonyl (C=O) groups is 1. The average molecular weight is 452 g/mol. The number of nitrogens with one attached hydrogen (secondary N) is 2. The van der Waals surface area contributed by atoms with E-state index in [2.05, 4.69) is 20.6 Å². The lowest BCUT2D eigenvalue weighted by atomic mass is 9.84. The topological polar surface area (TPSA) is 136 Å². The number of sulfonamides is 1. The van der Waals surface area contributed by atoms with Gasteiger partial charge in [-0.15, -0.1) is 0 Å². The highest BCUT2D eigenvalue weighted by atomic mass is 32.2. The van der Waals surface area contributed by atoms with E-state index in [4.69, 9.17) is 9.88 Å². The Bertz CT molecular complexity index is 1010. The minimum Gasteiger partial charge on any atom is -0.446 e. The monoisotopic (exact) mass is 451 g/mol. The number of hydrogen-bond acceptors (Lipinski definition) is 7. The van der Waals surface area contributed by atoms with Gasteiger partial charge in [0.1, 0.15) is 11.9 Å². The van der Waals surface area contributed by atoms with Gasteiger partial charge in [-0.05, 0) is 61.8 Å². The smallest absolute Gasteiger partial charge is 0.407 e. The maximum atomic E-state index is 14.2. The highest BCUT2D eigenvalue weighted by molar-refractivity contribution is 7.89. The first-order chi connectivity index (χ1) is 14.8. The number of hydrogen-bond donors (Lipinski definition) is 3. The van der Waals surface area contributed by atoms with Crippen LogP contribution in [0.2, 0.25) is 0 Å². The number of rotatable bonds is 7. The Morgan fingerprint density at radius 3 is 2.48 bits per heavy atom. The van der Waals surface area contributed by atoms with Crippen molar-refractivity contribution < 1.29 is 22.3 Å². The van der Waals surface area contributed by atoms with Crippen molar-refractivity contribution in [1.29, 1.82) is 0 Å². The largest absolute Gasteiger partial charge is 0.446 e. The van der Waals surface area contributed by atoms with Gasteiger partial charge in [0, 0.05) is 18.9 Å². The van der Waals surface area contributed by atoms with Gasteiger partial charge in [0.05, 0.1) is 10.6 Å². The molecule has 1 aromatic carbocycles. The molecule has 3 rings (SSSR count). The molecular formula is C20H26FN5O4S. The number of carbonyl (C=O) groups excluding carboxylic acids is 1. The number of halogens is 1. The van der Waals surface area contributed by atoms with E-state index in [1.54, 1.807) is 12.4 Å². The molecule has 1 saturated carbocycles. The molecule has 4 N–H and O–H groups in total.